The molecule has 2 N–H and O–H groups in total. The molecule has 1 aliphatic heterocycles. The summed E-state index contributed by atoms with van der Waals surface area (Å²) in [4.78, 5) is 28.3. The summed E-state index contributed by atoms with van der Waals surface area (Å²) in [5.74, 6) is -0.0153. The number of pyridine rings is 1. The van der Waals surface area contributed by atoms with Crippen LogP contribution >= 0.6 is 23.4 Å². The predicted molar refractivity (Wildman–Crippen MR) is 155 cm³/mol. The number of carboxylic acid groups (broad SMARTS) is 1. The summed E-state index contributed by atoms with van der Waals surface area (Å²) in [6.45, 7) is 6.65. The van der Waals surface area contributed by atoms with Crippen molar-refractivity contribution in [2.75, 3.05) is 5.32 Å². The summed E-state index contributed by atoms with van der Waals surface area (Å²) >= 11 is 7.95. The van der Waals surface area contributed by atoms with Crippen molar-refractivity contribution in [2.24, 2.45) is 5.41 Å². The van der Waals surface area contributed by atoms with Crippen molar-refractivity contribution in [3.8, 4) is 5.75 Å². The number of carboxylic acids is 1. The molecule has 39 heavy (non-hydrogen) atoms. The van der Waals surface area contributed by atoms with Crippen molar-refractivity contribution in [3.63, 3.8) is 0 Å². The van der Waals surface area contributed by atoms with Crippen LogP contribution in [0, 0.1) is 5.41 Å². The van der Waals surface area contributed by atoms with Crippen molar-refractivity contribution in [2.45, 2.75) is 56.9 Å². The molecule has 3 heterocycles. The number of carbonyl (C=O) groups is 2. The second kappa shape index (κ2) is 10.9. The fourth-order valence-corrected chi connectivity index (χ4v) is 6.38. The van der Waals surface area contributed by atoms with E-state index >= 15 is 0 Å². The summed E-state index contributed by atoms with van der Waals surface area (Å²) in [7, 11) is 0. The molecule has 0 bridgehead atoms. The van der Waals surface area contributed by atoms with Crippen LogP contribution in [0.4, 0.5) is 5.69 Å². The Kier molecular flexibility index (Phi) is 7.60. The molecule has 1 atom stereocenters. The van der Waals surface area contributed by atoms with Crippen molar-refractivity contribution in [1.29, 1.82) is 0 Å². The molecule has 1 unspecified atom stereocenters. The molecule has 9 heteroatoms. The Morgan fingerprint density at radius 3 is 2.67 bits per heavy atom. The molecule has 0 fully saturated rings. The van der Waals surface area contributed by atoms with Gasteiger partial charge in [-0.25, -0.2) is 0 Å². The van der Waals surface area contributed by atoms with Crippen LogP contribution in [0.15, 0.2) is 59.6 Å². The first-order valence-electron chi connectivity index (χ1n) is 12.8. The van der Waals surface area contributed by atoms with Gasteiger partial charge in [-0.2, -0.15) is 0 Å². The van der Waals surface area contributed by atoms with Crippen LogP contribution in [-0.2, 0) is 35.6 Å². The predicted octanol–water partition coefficient (Wildman–Crippen LogP) is 6.58. The summed E-state index contributed by atoms with van der Waals surface area (Å²) < 4.78 is 8.56. The van der Waals surface area contributed by atoms with Crippen molar-refractivity contribution < 1.29 is 19.4 Å². The fourth-order valence-electron chi connectivity index (χ4n) is 4.94. The lowest BCUT2D eigenvalue weighted by atomic mass is 9.87. The average molecular weight is 564 g/mol. The number of nitrogens with one attached hydrogen (secondary N) is 1. The molecule has 2 aromatic carbocycles. The van der Waals surface area contributed by atoms with Gasteiger partial charge in [-0.1, -0.05) is 30.7 Å². The number of halogens is 1. The van der Waals surface area contributed by atoms with Crippen LogP contribution in [0.3, 0.4) is 0 Å². The largest absolute Gasteiger partial charge is 0.487 e. The Balaban J connectivity index is 1.58. The van der Waals surface area contributed by atoms with E-state index in [9.17, 15) is 14.7 Å². The van der Waals surface area contributed by atoms with E-state index in [0.717, 1.165) is 50.5 Å². The van der Waals surface area contributed by atoms with Gasteiger partial charge in [-0.15, -0.1) is 11.8 Å². The third-order valence-corrected chi connectivity index (χ3v) is 8.53. The number of aromatic nitrogens is 2. The second-order valence-corrected chi connectivity index (χ2v) is 12.4. The summed E-state index contributed by atoms with van der Waals surface area (Å²) in [6, 6.07) is 15.5. The smallest absolute Gasteiger partial charge is 0.309 e. The maximum Gasteiger partial charge on any atom is 0.309 e. The van der Waals surface area contributed by atoms with Crippen LogP contribution in [-0.4, -0.2) is 32.3 Å². The molecule has 5 rings (SSSR count). The number of ether oxygens (including phenoxy) is 1. The third kappa shape index (κ3) is 5.63. The minimum atomic E-state index is -0.931. The topological polar surface area (TPSA) is 93.4 Å². The number of hydrogen-bond acceptors (Lipinski definition) is 5. The average Bonchev–Trinajstić information content (AvgIpc) is 3.18. The van der Waals surface area contributed by atoms with Gasteiger partial charge >= 0.3 is 5.97 Å². The molecule has 7 nitrogen and oxygen atoms in total. The second-order valence-electron chi connectivity index (χ2n) is 10.5. The number of hydrogen-bond donors (Lipinski definition) is 2. The third-order valence-electron chi connectivity index (χ3n) is 7.03. The fraction of sp³-hybridized carbons (Fsp3) is 0.300. The minimum absolute atomic E-state index is 0.293. The van der Waals surface area contributed by atoms with Gasteiger partial charge in [-0.05, 0) is 62.2 Å². The van der Waals surface area contributed by atoms with E-state index < -0.39 is 11.4 Å². The number of amides is 1. The maximum atomic E-state index is 12.1. The Morgan fingerprint density at radius 1 is 1.23 bits per heavy atom. The Labute approximate surface area is 236 Å². The zero-order chi connectivity index (χ0) is 27.7. The molecule has 4 aromatic rings. The van der Waals surface area contributed by atoms with E-state index in [0.29, 0.717) is 41.9 Å². The first kappa shape index (κ1) is 27.1. The molecular weight excluding hydrogens is 534 g/mol. The quantitative estimate of drug-likeness (QED) is 0.212. The lowest BCUT2D eigenvalue weighted by molar-refractivity contribution is -0.146. The Hall–Kier alpha value is -3.49. The normalized spacial score (nSPS) is 14.8. The van der Waals surface area contributed by atoms with E-state index in [1.807, 2.05) is 48.2 Å². The van der Waals surface area contributed by atoms with Gasteiger partial charge in [0.25, 0.3) is 0 Å². The molecular formula is C30H30ClN3O4S. The summed E-state index contributed by atoms with van der Waals surface area (Å²) in [6.07, 6.45) is 3.46. The van der Waals surface area contributed by atoms with Gasteiger partial charge in [0.15, 0.2) is 0 Å². The maximum absolute atomic E-state index is 12.1. The highest BCUT2D eigenvalue weighted by molar-refractivity contribution is 8.00. The van der Waals surface area contributed by atoms with Gasteiger partial charge in [0, 0.05) is 44.8 Å². The summed E-state index contributed by atoms with van der Waals surface area (Å²) in [5, 5.41) is 14.7. The highest BCUT2D eigenvalue weighted by atomic mass is 35.5. The van der Waals surface area contributed by atoms with E-state index in [1.165, 1.54) is 0 Å². The number of carbonyl (C=O) groups excluding carboxylic acids is 1. The van der Waals surface area contributed by atoms with Gasteiger partial charge in [-0.3, -0.25) is 14.6 Å². The molecule has 0 radical (unpaired) electrons. The lowest BCUT2D eigenvalue weighted by Gasteiger charge is -2.24. The van der Waals surface area contributed by atoms with Crippen LogP contribution < -0.4 is 10.1 Å². The van der Waals surface area contributed by atoms with Crippen molar-refractivity contribution in [3.05, 3.63) is 82.3 Å². The van der Waals surface area contributed by atoms with E-state index in [2.05, 4.69) is 27.9 Å². The SMILES string of the molecule is CC1Cc2c(OCc3ccc(NC=O)cn3)ccc3c2c(c(CC(C)(C)C(=O)O)n3Cc2ccc(Cl)cc2)S1. The van der Waals surface area contributed by atoms with Crippen molar-refractivity contribution >= 4 is 52.3 Å². The number of benzene rings is 2. The van der Waals surface area contributed by atoms with Gasteiger partial charge in [0.1, 0.15) is 12.4 Å². The lowest BCUT2D eigenvalue weighted by Crippen LogP contribution is -2.28. The Morgan fingerprint density at radius 2 is 2.00 bits per heavy atom. The number of rotatable bonds is 10. The number of thioether (sulfide) groups is 1. The highest BCUT2D eigenvalue weighted by Crippen LogP contribution is 2.48. The molecule has 2 aromatic heterocycles. The van der Waals surface area contributed by atoms with E-state index in [4.69, 9.17) is 16.3 Å². The van der Waals surface area contributed by atoms with Crippen LogP contribution in [0.25, 0.3) is 10.9 Å². The monoisotopic (exact) mass is 563 g/mol. The standard InChI is InChI=1S/C30H30ClN3O4S/c1-18-12-23-26(38-16-22-9-8-21(14-32-22)33-17-35)11-10-24-27(23)28(39-18)25(13-30(2,3)29(36)37)34(24)15-19-4-6-20(31)7-5-19/h4-11,14,17-18H,12-13,15-16H2,1-3H3,(H,33,35)(H,36,37). The number of nitrogens with zero attached hydrogens (tertiary/aromatic N) is 2. The van der Waals surface area contributed by atoms with Crippen molar-refractivity contribution in [1.82, 2.24) is 9.55 Å². The minimum Gasteiger partial charge on any atom is -0.487 e. The van der Waals surface area contributed by atoms with Gasteiger partial charge < -0.3 is 19.7 Å². The number of aliphatic carboxylic acids is 1. The first-order chi connectivity index (χ1) is 18.7. The Bertz CT molecular complexity index is 1530. The molecule has 0 aliphatic carbocycles. The van der Waals surface area contributed by atoms with Crippen LogP contribution in [0.2, 0.25) is 5.02 Å². The summed E-state index contributed by atoms with van der Waals surface area (Å²) in [5.41, 5.74) is 4.77. The highest BCUT2D eigenvalue weighted by Gasteiger charge is 2.34. The molecule has 1 amide bonds. The molecule has 0 saturated carbocycles. The zero-order valence-electron chi connectivity index (χ0n) is 22.0. The number of anilines is 1. The van der Waals surface area contributed by atoms with E-state index in [1.54, 1.807) is 26.1 Å². The van der Waals surface area contributed by atoms with E-state index in [-0.39, 0.29) is 0 Å². The van der Waals surface area contributed by atoms with Crippen LogP contribution in [0.1, 0.15) is 43.3 Å². The van der Waals surface area contributed by atoms with Gasteiger partial charge in [0.05, 0.1) is 28.5 Å². The molecule has 1 aliphatic rings. The zero-order valence-corrected chi connectivity index (χ0v) is 23.6. The molecule has 0 saturated heterocycles. The molecule has 202 valence electrons. The first-order valence-corrected chi connectivity index (χ1v) is 14.0. The molecule has 0 spiro atoms. The van der Waals surface area contributed by atoms with Crippen LogP contribution in [0.5, 0.6) is 5.75 Å². The van der Waals surface area contributed by atoms with Gasteiger partial charge in [0.2, 0.25) is 6.41 Å².